The summed E-state index contributed by atoms with van der Waals surface area (Å²) >= 11 is 1.63. The summed E-state index contributed by atoms with van der Waals surface area (Å²) in [4.78, 5) is 13.5. The molecule has 3 rings (SSSR count). The normalized spacial score (nSPS) is 10.8. The maximum absolute atomic E-state index is 12.0. The van der Waals surface area contributed by atoms with Gasteiger partial charge in [0.25, 0.3) is 5.91 Å². The number of rotatable bonds is 5. The summed E-state index contributed by atoms with van der Waals surface area (Å²) in [6, 6.07) is 14.1. The summed E-state index contributed by atoms with van der Waals surface area (Å²) in [7, 11) is 3.51. The molecule has 1 aromatic heterocycles. The number of benzene rings is 2. The molecule has 0 spiro atoms. The Kier molecular flexibility index (Phi) is 5.42. The molecule has 3 aromatic rings. The molecule has 0 aliphatic heterocycles. The summed E-state index contributed by atoms with van der Waals surface area (Å²) in [5.41, 5.74) is 5.36. The number of carbonyl (C=O) groups is 1. The predicted octanol–water partition coefficient (Wildman–Crippen LogP) is 3.88. The Bertz CT molecular complexity index is 916. The van der Waals surface area contributed by atoms with Crippen molar-refractivity contribution >= 4 is 17.7 Å². The van der Waals surface area contributed by atoms with E-state index in [0.717, 1.165) is 22.2 Å². The van der Waals surface area contributed by atoms with Gasteiger partial charge in [-0.05, 0) is 43.2 Å². The average Bonchev–Trinajstić information content (AvgIpc) is 3.08. The van der Waals surface area contributed by atoms with E-state index in [-0.39, 0.29) is 5.91 Å². The largest absolute Gasteiger partial charge is 0.345 e. The van der Waals surface area contributed by atoms with Gasteiger partial charge < -0.3 is 4.90 Å². The molecule has 1 heterocycles. The summed E-state index contributed by atoms with van der Waals surface area (Å²) in [5.74, 6) is 0.777. The quantitative estimate of drug-likeness (QED) is 0.643. The highest BCUT2D eigenvalue weighted by molar-refractivity contribution is 7.98. The van der Waals surface area contributed by atoms with Crippen molar-refractivity contribution in [1.29, 1.82) is 0 Å². The van der Waals surface area contributed by atoms with E-state index in [9.17, 15) is 4.79 Å². The van der Waals surface area contributed by atoms with Crippen LogP contribution < -0.4 is 0 Å². The lowest BCUT2D eigenvalue weighted by Crippen LogP contribution is -2.21. The molecule has 0 aliphatic rings. The molecule has 0 saturated carbocycles. The van der Waals surface area contributed by atoms with Crippen molar-refractivity contribution in [2.75, 3.05) is 14.1 Å². The lowest BCUT2D eigenvalue weighted by molar-refractivity contribution is 0.0827. The molecule has 26 heavy (non-hydrogen) atoms. The summed E-state index contributed by atoms with van der Waals surface area (Å²) < 4.78 is 2.02. The average molecular weight is 366 g/mol. The highest BCUT2D eigenvalue weighted by atomic mass is 32.2. The Labute approximate surface area is 158 Å². The van der Waals surface area contributed by atoms with Gasteiger partial charge in [0.05, 0.1) is 5.69 Å². The lowest BCUT2D eigenvalue weighted by Gasteiger charge is -2.11. The number of hydrogen-bond acceptors (Lipinski definition) is 4. The van der Waals surface area contributed by atoms with Gasteiger partial charge in [0.2, 0.25) is 0 Å². The van der Waals surface area contributed by atoms with Crippen LogP contribution in [0.15, 0.2) is 53.9 Å². The molecule has 0 unspecified atom stereocenters. The van der Waals surface area contributed by atoms with Crippen LogP contribution in [0.5, 0.6) is 0 Å². The van der Waals surface area contributed by atoms with Crippen LogP contribution in [0, 0.1) is 13.8 Å². The van der Waals surface area contributed by atoms with Crippen LogP contribution in [0.25, 0.3) is 5.69 Å². The first-order chi connectivity index (χ1) is 12.5. The molecule has 5 nitrogen and oxygen atoms in total. The third kappa shape index (κ3) is 3.96. The van der Waals surface area contributed by atoms with Crippen LogP contribution in [0.2, 0.25) is 0 Å². The molecule has 1 amide bonds. The van der Waals surface area contributed by atoms with Crippen LogP contribution in [0.4, 0.5) is 0 Å². The Morgan fingerprint density at radius 3 is 2.50 bits per heavy atom. The molecule has 134 valence electrons. The third-order valence-electron chi connectivity index (χ3n) is 4.10. The number of aryl methyl sites for hydroxylation is 2. The summed E-state index contributed by atoms with van der Waals surface area (Å²) in [5, 5.41) is 9.18. The van der Waals surface area contributed by atoms with Gasteiger partial charge in [0.1, 0.15) is 6.33 Å². The highest BCUT2D eigenvalue weighted by Crippen LogP contribution is 2.25. The van der Waals surface area contributed by atoms with E-state index in [1.54, 1.807) is 37.1 Å². The van der Waals surface area contributed by atoms with Crippen molar-refractivity contribution in [3.63, 3.8) is 0 Å². The first-order valence-corrected chi connectivity index (χ1v) is 9.35. The zero-order valence-corrected chi connectivity index (χ0v) is 16.2. The molecular weight excluding hydrogens is 344 g/mol. The van der Waals surface area contributed by atoms with Crippen LogP contribution >= 0.6 is 11.8 Å². The molecule has 0 bridgehead atoms. The second-order valence-electron chi connectivity index (χ2n) is 6.46. The van der Waals surface area contributed by atoms with E-state index < -0.39 is 0 Å². The standard InChI is InChI=1S/C20H22N4OS/c1-14-5-10-18(15(2)11-14)24-13-21-22-20(24)26-12-16-6-8-17(9-7-16)19(25)23(3)4/h5-11,13H,12H2,1-4H3. The minimum atomic E-state index is 0.0128. The molecule has 6 heteroatoms. The highest BCUT2D eigenvalue weighted by Gasteiger charge is 2.11. The fourth-order valence-electron chi connectivity index (χ4n) is 2.71. The first kappa shape index (κ1) is 18.2. The van der Waals surface area contributed by atoms with Gasteiger partial charge in [0, 0.05) is 25.4 Å². The Morgan fingerprint density at radius 1 is 1.12 bits per heavy atom. The SMILES string of the molecule is Cc1ccc(-n2cnnc2SCc2ccc(C(=O)N(C)C)cc2)c(C)c1. The lowest BCUT2D eigenvalue weighted by atomic mass is 10.1. The topological polar surface area (TPSA) is 51.0 Å². The number of carbonyl (C=O) groups excluding carboxylic acids is 1. The van der Waals surface area contributed by atoms with Gasteiger partial charge in [-0.2, -0.15) is 0 Å². The summed E-state index contributed by atoms with van der Waals surface area (Å²) in [6.45, 7) is 4.18. The molecule has 0 atom stereocenters. The van der Waals surface area contributed by atoms with E-state index >= 15 is 0 Å². The monoisotopic (exact) mass is 366 g/mol. The molecule has 0 saturated heterocycles. The second kappa shape index (κ2) is 7.74. The first-order valence-electron chi connectivity index (χ1n) is 8.37. The van der Waals surface area contributed by atoms with Gasteiger partial charge in [-0.1, -0.05) is 41.6 Å². The van der Waals surface area contributed by atoms with Gasteiger partial charge in [0.15, 0.2) is 5.16 Å². The van der Waals surface area contributed by atoms with Gasteiger partial charge >= 0.3 is 0 Å². The van der Waals surface area contributed by atoms with Crippen molar-refractivity contribution < 1.29 is 4.79 Å². The number of aromatic nitrogens is 3. The van der Waals surface area contributed by atoms with E-state index in [4.69, 9.17) is 0 Å². The second-order valence-corrected chi connectivity index (χ2v) is 7.40. The Balaban J connectivity index is 1.73. The van der Waals surface area contributed by atoms with Crippen molar-refractivity contribution in [3.8, 4) is 5.69 Å². The fraction of sp³-hybridized carbons (Fsp3) is 0.250. The minimum Gasteiger partial charge on any atom is -0.345 e. The number of thioether (sulfide) groups is 1. The van der Waals surface area contributed by atoms with E-state index in [1.807, 2.05) is 28.8 Å². The fourth-order valence-corrected chi connectivity index (χ4v) is 3.59. The van der Waals surface area contributed by atoms with Gasteiger partial charge in [-0.3, -0.25) is 9.36 Å². The third-order valence-corrected chi connectivity index (χ3v) is 5.12. The van der Waals surface area contributed by atoms with Gasteiger partial charge in [-0.15, -0.1) is 10.2 Å². The van der Waals surface area contributed by atoms with Crippen molar-refractivity contribution in [2.45, 2.75) is 24.8 Å². The van der Waals surface area contributed by atoms with E-state index in [1.165, 1.54) is 11.1 Å². The van der Waals surface area contributed by atoms with Crippen molar-refractivity contribution in [3.05, 3.63) is 71.0 Å². The minimum absolute atomic E-state index is 0.0128. The predicted molar refractivity (Wildman–Crippen MR) is 105 cm³/mol. The number of hydrogen-bond donors (Lipinski definition) is 0. The maximum Gasteiger partial charge on any atom is 0.253 e. The van der Waals surface area contributed by atoms with E-state index in [0.29, 0.717) is 5.56 Å². The molecule has 2 aromatic carbocycles. The molecular formula is C20H22N4OS. The molecule has 0 N–H and O–H groups in total. The van der Waals surface area contributed by atoms with Gasteiger partial charge in [-0.25, -0.2) is 0 Å². The Hall–Kier alpha value is -2.60. The van der Waals surface area contributed by atoms with Crippen LogP contribution in [-0.2, 0) is 5.75 Å². The summed E-state index contributed by atoms with van der Waals surface area (Å²) in [6.07, 6.45) is 1.75. The Morgan fingerprint density at radius 2 is 1.85 bits per heavy atom. The number of amides is 1. The zero-order chi connectivity index (χ0) is 18.7. The van der Waals surface area contributed by atoms with E-state index in [2.05, 4.69) is 42.2 Å². The zero-order valence-electron chi connectivity index (χ0n) is 15.4. The van der Waals surface area contributed by atoms with Crippen molar-refractivity contribution in [2.24, 2.45) is 0 Å². The maximum atomic E-state index is 12.0. The molecule has 0 aliphatic carbocycles. The molecule has 0 radical (unpaired) electrons. The smallest absolute Gasteiger partial charge is 0.253 e. The van der Waals surface area contributed by atoms with Crippen LogP contribution in [0.3, 0.4) is 0 Å². The number of nitrogens with zero attached hydrogens (tertiary/aromatic N) is 4. The molecule has 0 fully saturated rings. The van der Waals surface area contributed by atoms with Crippen molar-refractivity contribution in [1.82, 2.24) is 19.7 Å². The van der Waals surface area contributed by atoms with Crippen LogP contribution in [-0.4, -0.2) is 39.7 Å². The van der Waals surface area contributed by atoms with Crippen LogP contribution in [0.1, 0.15) is 27.0 Å².